The number of hydrogen-bond donors (Lipinski definition) is 1. The summed E-state index contributed by atoms with van der Waals surface area (Å²) in [4.78, 5) is 0. The fourth-order valence-electron chi connectivity index (χ4n) is 1.48. The van der Waals surface area contributed by atoms with Gasteiger partial charge in [-0.05, 0) is 31.6 Å². The first-order valence-corrected chi connectivity index (χ1v) is 5.10. The molecule has 0 saturated heterocycles. The predicted octanol–water partition coefficient (Wildman–Crippen LogP) is 2.05. The van der Waals surface area contributed by atoms with Gasteiger partial charge >= 0.3 is 0 Å². The largest absolute Gasteiger partial charge is 0.385 e. The van der Waals surface area contributed by atoms with E-state index in [2.05, 4.69) is 5.32 Å². The summed E-state index contributed by atoms with van der Waals surface area (Å²) in [6.07, 6.45) is 0.985. The molecule has 2 nitrogen and oxygen atoms in total. The Labute approximate surface area is 84.0 Å². The van der Waals surface area contributed by atoms with Gasteiger partial charge in [0.2, 0.25) is 0 Å². The van der Waals surface area contributed by atoms with Crippen molar-refractivity contribution in [3.05, 3.63) is 0 Å². The van der Waals surface area contributed by atoms with Crippen LogP contribution in [0.3, 0.4) is 0 Å². The lowest BCUT2D eigenvalue weighted by Crippen LogP contribution is -2.37. The second-order valence-corrected chi connectivity index (χ2v) is 4.25. The van der Waals surface area contributed by atoms with Crippen LogP contribution in [0.15, 0.2) is 0 Å². The van der Waals surface area contributed by atoms with Crippen LogP contribution in [0.25, 0.3) is 0 Å². The van der Waals surface area contributed by atoms with E-state index in [9.17, 15) is 8.78 Å². The fraction of sp³-hybridized carbons (Fsp3) is 1.00. The van der Waals surface area contributed by atoms with Gasteiger partial charge < -0.3 is 10.1 Å². The Morgan fingerprint density at radius 3 is 2.50 bits per heavy atom. The SMILES string of the molecule is COCCC1(CNC(C)C(F)F)CC1. The third-order valence-electron chi connectivity index (χ3n) is 2.97. The van der Waals surface area contributed by atoms with Crippen LogP contribution < -0.4 is 5.32 Å². The van der Waals surface area contributed by atoms with Gasteiger partial charge in [0, 0.05) is 20.3 Å². The highest BCUT2D eigenvalue weighted by atomic mass is 19.3. The van der Waals surface area contributed by atoms with Gasteiger partial charge in [0.1, 0.15) is 0 Å². The van der Waals surface area contributed by atoms with E-state index in [1.807, 2.05) is 0 Å². The van der Waals surface area contributed by atoms with Crippen molar-refractivity contribution in [3.8, 4) is 0 Å². The number of nitrogens with one attached hydrogen (secondary N) is 1. The number of halogens is 2. The summed E-state index contributed by atoms with van der Waals surface area (Å²) < 4.78 is 29.4. The van der Waals surface area contributed by atoms with Crippen LogP contribution in [0.4, 0.5) is 8.78 Å². The molecule has 1 atom stereocenters. The maximum absolute atomic E-state index is 12.2. The van der Waals surface area contributed by atoms with Crippen LogP contribution in [0.5, 0.6) is 0 Å². The van der Waals surface area contributed by atoms with Crippen molar-refractivity contribution in [3.63, 3.8) is 0 Å². The third kappa shape index (κ3) is 3.50. The molecule has 1 aliphatic carbocycles. The van der Waals surface area contributed by atoms with E-state index in [1.54, 1.807) is 7.11 Å². The van der Waals surface area contributed by atoms with E-state index in [0.717, 1.165) is 25.9 Å². The van der Waals surface area contributed by atoms with Crippen molar-refractivity contribution >= 4 is 0 Å². The Bertz CT molecular complexity index is 172. The summed E-state index contributed by atoms with van der Waals surface area (Å²) in [6, 6.07) is -0.699. The molecular weight excluding hydrogens is 188 g/mol. The van der Waals surface area contributed by atoms with Crippen molar-refractivity contribution in [2.24, 2.45) is 5.41 Å². The van der Waals surface area contributed by atoms with Gasteiger partial charge in [0.15, 0.2) is 0 Å². The van der Waals surface area contributed by atoms with Crippen molar-refractivity contribution in [1.82, 2.24) is 5.32 Å². The molecular formula is C10H19F2NO. The molecule has 0 aliphatic heterocycles. The minimum atomic E-state index is -2.27. The van der Waals surface area contributed by atoms with E-state index < -0.39 is 12.5 Å². The standard InChI is InChI=1S/C10H19F2NO/c1-8(9(11)12)13-7-10(3-4-10)5-6-14-2/h8-9,13H,3-7H2,1-2H3. The zero-order valence-electron chi connectivity index (χ0n) is 8.85. The minimum Gasteiger partial charge on any atom is -0.385 e. The molecule has 0 radical (unpaired) electrons. The molecule has 0 spiro atoms. The third-order valence-corrected chi connectivity index (χ3v) is 2.97. The Morgan fingerprint density at radius 1 is 1.43 bits per heavy atom. The number of hydrogen-bond acceptors (Lipinski definition) is 2. The molecule has 1 fully saturated rings. The summed E-state index contributed by atoms with van der Waals surface area (Å²) in [6.45, 7) is 2.95. The first-order valence-electron chi connectivity index (χ1n) is 5.10. The molecule has 0 aromatic heterocycles. The molecule has 0 amide bonds. The number of methoxy groups -OCH3 is 1. The summed E-state index contributed by atoms with van der Waals surface area (Å²) in [5.74, 6) is 0. The van der Waals surface area contributed by atoms with Crippen LogP contribution in [-0.2, 0) is 4.74 Å². The van der Waals surface area contributed by atoms with E-state index in [-0.39, 0.29) is 5.41 Å². The topological polar surface area (TPSA) is 21.3 Å². The minimum absolute atomic E-state index is 0.249. The summed E-state index contributed by atoms with van der Waals surface area (Å²) >= 11 is 0. The Hall–Kier alpha value is -0.220. The van der Waals surface area contributed by atoms with Gasteiger partial charge in [-0.15, -0.1) is 0 Å². The van der Waals surface area contributed by atoms with Crippen LogP contribution in [0.2, 0.25) is 0 Å². The van der Waals surface area contributed by atoms with E-state index in [1.165, 1.54) is 6.92 Å². The zero-order chi connectivity index (χ0) is 10.6. The van der Waals surface area contributed by atoms with Crippen LogP contribution in [0.1, 0.15) is 26.2 Å². The highest BCUT2D eigenvalue weighted by Crippen LogP contribution is 2.48. The average molecular weight is 207 g/mol. The van der Waals surface area contributed by atoms with E-state index in [0.29, 0.717) is 6.54 Å². The smallest absolute Gasteiger partial charge is 0.253 e. The van der Waals surface area contributed by atoms with Gasteiger partial charge in [-0.3, -0.25) is 0 Å². The van der Waals surface area contributed by atoms with E-state index >= 15 is 0 Å². The molecule has 0 aromatic carbocycles. The quantitative estimate of drug-likeness (QED) is 0.690. The molecule has 1 N–H and O–H groups in total. The first-order chi connectivity index (χ1) is 6.59. The normalized spacial score (nSPS) is 21.2. The number of ether oxygens (including phenoxy) is 1. The van der Waals surface area contributed by atoms with Crippen molar-refractivity contribution in [1.29, 1.82) is 0 Å². The van der Waals surface area contributed by atoms with Crippen LogP contribution in [0, 0.1) is 5.41 Å². The van der Waals surface area contributed by atoms with Gasteiger partial charge in [0.05, 0.1) is 6.04 Å². The van der Waals surface area contributed by atoms with Crippen molar-refractivity contribution < 1.29 is 13.5 Å². The molecule has 1 aliphatic rings. The van der Waals surface area contributed by atoms with Gasteiger partial charge in [-0.2, -0.15) is 0 Å². The van der Waals surface area contributed by atoms with Crippen molar-refractivity contribution in [2.45, 2.75) is 38.7 Å². The van der Waals surface area contributed by atoms with Crippen LogP contribution in [-0.4, -0.2) is 32.7 Å². The maximum atomic E-state index is 12.2. The Morgan fingerprint density at radius 2 is 2.07 bits per heavy atom. The molecule has 1 unspecified atom stereocenters. The Balaban J connectivity index is 2.17. The fourth-order valence-corrected chi connectivity index (χ4v) is 1.48. The van der Waals surface area contributed by atoms with Crippen molar-refractivity contribution in [2.75, 3.05) is 20.3 Å². The maximum Gasteiger partial charge on any atom is 0.253 e. The lowest BCUT2D eigenvalue weighted by atomic mass is 10.0. The second-order valence-electron chi connectivity index (χ2n) is 4.25. The monoisotopic (exact) mass is 207 g/mol. The summed E-state index contributed by atoms with van der Waals surface area (Å²) in [7, 11) is 1.67. The molecule has 14 heavy (non-hydrogen) atoms. The summed E-state index contributed by atoms with van der Waals surface area (Å²) in [5, 5.41) is 2.89. The number of rotatable bonds is 7. The van der Waals surface area contributed by atoms with Crippen LogP contribution >= 0.6 is 0 Å². The highest BCUT2D eigenvalue weighted by molar-refractivity contribution is 4.95. The van der Waals surface area contributed by atoms with E-state index in [4.69, 9.17) is 4.74 Å². The molecule has 0 heterocycles. The Kier molecular flexibility index (Phi) is 4.26. The van der Waals surface area contributed by atoms with Gasteiger partial charge in [0.25, 0.3) is 6.43 Å². The molecule has 0 bridgehead atoms. The summed E-state index contributed by atoms with van der Waals surface area (Å²) in [5.41, 5.74) is 0.249. The average Bonchev–Trinajstić information content (AvgIpc) is 2.92. The highest BCUT2D eigenvalue weighted by Gasteiger charge is 2.42. The zero-order valence-corrected chi connectivity index (χ0v) is 8.85. The molecule has 0 aromatic rings. The molecule has 84 valence electrons. The predicted molar refractivity (Wildman–Crippen MR) is 51.6 cm³/mol. The second kappa shape index (κ2) is 5.03. The lowest BCUT2D eigenvalue weighted by Gasteiger charge is -2.19. The molecule has 4 heteroatoms. The first kappa shape index (κ1) is 11.9. The molecule has 1 saturated carbocycles. The lowest BCUT2D eigenvalue weighted by molar-refractivity contribution is 0.100. The number of alkyl halides is 2. The van der Waals surface area contributed by atoms with Gasteiger partial charge in [-0.25, -0.2) is 8.78 Å². The van der Waals surface area contributed by atoms with Gasteiger partial charge in [-0.1, -0.05) is 0 Å². The molecule has 1 rings (SSSR count).